The number of halogens is 4. The predicted octanol–water partition coefficient (Wildman–Crippen LogP) is 3.23. The normalized spacial score (nSPS) is 13.5. The molecule has 0 radical (unpaired) electrons. The Morgan fingerprint density at radius 2 is 1.54 bits per heavy atom. The van der Waals surface area contributed by atoms with Crippen molar-refractivity contribution in [1.29, 1.82) is 0 Å². The van der Waals surface area contributed by atoms with E-state index in [9.17, 15) is 27.2 Å². The number of alkyl halides is 3. The van der Waals surface area contributed by atoms with Crippen LogP contribution >= 0.6 is 0 Å². The van der Waals surface area contributed by atoms with Crippen molar-refractivity contribution < 1.29 is 37.1 Å². The van der Waals surface area contributed by atoms with Gasteiger partial charge in [-0.25, -0.2) is 9.18 Å². The van der Waals surface area contributed by atoms with Crippen LogP contribution in [0.2, 0.25) is 0 Å². The maximum Gasteiger partial charge on any atom is 0.490 e. The molecule has 11 heteroatoms. The van der Waals surface area contributed by atoms with Gasteiger partial charge < -0.3 is 20.2 Å². The molecule has 1 saturated heterocycles. The van der Waals surface area contributed by atoms with E-state index in [4.69, 9.17) is 9.90 Å². The lowest BCUT2D eigenvalue weighted by molar-refractivity contribution is -0.192. The lowest BCUT2D eigenvalue weighted by atomic mass is 10.1. The Morgan fingerprint density at radius 3 is 2.06 bits per heavy atom. The number of piperazine rings is 1. The smallest absolute Gasteiger partial charge is 0.475 e. The molecule has 3 rings (SSSR count). The summed E-state index contributed by atoms with van der Waals surface area (Å²) in [6.07, 6.45) is -4.81. The number of hydrogen-bond donors (Lipinski definition) is 2. The molecule has 7 nitrogen and oxygen atoms in total. The van der Waals surface area contributed by atoms with E-state index in [2.05, 4.69) is 5.32 Å². The number of nitrogens with zero attached hydrogens (tertiary/aromatic N) is 2. The highest BCUT2D eigenvalue weighted by molar-refractivity contribution is 5.94. The third kappa shape index (κ3) is 9.36. The van der Waals surface area contributed by atoms with Gasteiger partial charge in [0.1, 0.15) is 5.82 Å². The lowest BCUT2D eigenvalue weighted by Gasteiger charge is -2.29. The van der Waals surface area contributed by atoms with Gasteiger partial charge in [-0.2, -0.15) is 13.2 Å². The molecule has 1 aliphatic rings. The number of rotatable bonds is 6. The van der Waals surface area contributed by atoms with E-state index in [-0.39, 0.29) is 24.1 Å². The summed E-state index contributed by atoms with van der Waals surface area (Å²) in [6, 6.07) is 13.5. The largest absolute Gasteiger partial charge is 0.490 e. The Labute approximate surface area is 200 Å². The topological polar surface area (TPSA) is 90.0 Å². The van der Waals surface area contributed by atoms with Gasteiger partial charge in [0, 0.05) is 51.3 Å². The molecule has 0 spiro atoms. The SMILES string of the molecule is Cc1ccc(CN(CCC(=O)N2CCNCC2)C(=O)c2ccc(F)cc2)cc1.O=C(O)C(F)(F)F. The van der Waals surface area contributed by atoms with E-state index in [0.29, 0.717) is 31.7 Å². The number of aryl methyl sites for hydroxylation is 1. The van der Waals surface area contributed by atoms with Crippen LogP contribution in [0, 0.1) is 12.7 Å². The number of carbonyl (C=O) groups excluding carboxylic acids is 2. The number of aliphatic carboxylic acids is 1. The van der Waals surface area contributed by atoms with Gasteiger partial charge in [0.05, 0.1) is 0 Å². The van der Waals surface area contributed by atoms with Crippen molar-refractivity contribution >= 4 is 17.8 Å². The van der Waals surface area contributed by atoms with E-state index < -0.39 is 12.1 Å². The zero-order chi connectivity index (χ0) is 26.0. The van der Waals surface area contributed by atoms with Crippen molar-refractivity contribution in [2.24, 2.45) is 0 Å². The van der Waals surface area contributed by atoms with Crippen LogP contribution in [0.3, 0.4) is 0 Å². The summed E-state index contributed by atoms with van der Waals surface area (Å²) in [5, 5.41) is 10.4. The molecule has 190 valence electrons. The molecule has 1 fully saturated rings. The summed E-state index contributed by atoms with van der Waals surface area (Å²) in [4.78, 5) is 37.9. The fraction of sp³-hybridized carbons (Fsp3) is 0.375. The number of carboxylic acids is 1. The molecule has 1 aliphatic heterocycles. The first-order valence-corrected chi connectivity index (χ1v) is 10.9. The van der Waals surface area contributed by atoms with Crippen molar-refractivity contribution in [3.8, 4) is 0 Å². The van der Waals surface area contributed by atoms with E-state index in [1.807, 2.05) is 36.1 Å². The third-order valence-electron chi connectivity index (χ3n) is 5.18. The van der Waals surface area contributed by atoms with Gasteiger partial charge in [-0.1, -0.05) is 29.8 Å². The summed E-state index contributed by atoms with van der Waals surface area (Å²) < 4.78 is 45.0. The molecule has 0 aliphatic carbocycles. The third-order valence-corrected chi connectivity index (χ3v) is 5.18. The number of benzene rings is 2. The maximum absolute atomic E-state index is 13.2. The van der Waals surface area contributed by atoms with Crippen molar-refractivity contribution in [1.82, 2.24) is 15.1 Å². The van der Waals surface area contributed by atoms with Gasteiger partial charge in [-0.15, -0.1) is 0 Å². The minimum Gasteiger partial charge on any atom is -0.475 e. The Balaban J connectivity index is 0.000000540. The van der Waals surface area contributed by atoms with E-state index in [1.165, 1.54) is 24.3 Å². The Hall–Kier alpha value is -3.47. The molecule has 0 aromatic heterocycles. The second-order valence-electron chi connectivity index (χ2n) is 7.90. The lowest BCUT2D eigenvalue weighted by Crippen LogP contribution is -2.47. The van der Waals surface area contributed by atoms with Crippen LogP contribution < -0.4 is 5.32 Å². The minimum absolute atomic E-state index is 0.0577. The molecule has 2 aromatic rings. The molecule has 0 saturated carbocycles. The molecule has 0 unspecified atom stereocenters. The summed E-state index contributed by atoms with van der Waals surface area (Å²) >= 11 is 0. The van der Waals surface area contributed by atoms with Crippen LogP contribution in [0.4, 0.5) is 17.6 Å². The van der Waals surface area contributed by atoms with Gasteiger partial charge in [0.2, 0.25) is 5.91 Å². The van der Waals surface area contributed by atoms with Crippen LogP contribution in [0.15, 0.2) is 48.5 Å². The molecular formula is C24H27F4N3O4. The predicted molar refractivity (Wildman–Crippen MR) is 120 cm³/mol. The summed E-state index contributed by atoms with van der Waals surface area (Å²) in [6.45, 7) is 5.74. The highest BCUT2D eigenvalue weighted by Crippen LogP contribution is 2.14. The Bertz CT molecular complexity index is 989. The van der Waals surface area contributed by atoms with Crippen LogP contribution in [-0.2, 0) is 16.1 Å². The second-order valence-corrected chi connectivity index (χ2v) is 7.90. The zero-order valence-corrected chi connectivity index (χ0v) is 19.1. The van der Waals surface area contributed by atoms with Gasteiger partial charge in [0.25, 0.3) is 5.91 Å². The number of amides is 2. The molecular weight excluding hydrogens is 470 g/mol. The number of nitrogens with one attached hydrogen (secondary N) is 1. The van der Waals surface area contributed by atoms with E-state index >= 15 is 0 Å². The van der Waals surface area contributed by atoms with Gasteiger partial charge in [-0.3, -0.25) is 9.59 Å². The van der Waals surface area contributed by atoms with Crippen molar-refractivity contribution in [2.75, 3.05) is 32.7 Å². The molecule has 2 N–H and O–H groups in total. The summed E-state index contributed by atoms with van der Waals surface area (Å²) in [5.74, 6) is -3.28. The monoisotopic (exact) mass is 497 g/mol. The minimum atomic E-state index is -5.08. The summed E-state index contributed by atoms with van der Waals surface area (Å²) in [5.41, 5.74) is 2.56. The van der Waals surface area contributed by atoms with Gasteiger partial charge in [-0.05, 0) is 36.8 Å². The fourth-order valence-electron chi connectivity index (χ4n) is 3.24. The number of hydrogen-bond acceptors (Lipinski definition) is 4. The zero-order valence-electron chi connectivity index (χ0n) is 19.1. The van der Waals surface area contributed by atoms with E-state index in [1.54, 1.807) is 4.90 Å². The average Bonchev–Trinajstić information content (AvgIpc) is 2.83. The molecule has 0 bridgehead atoms. The summed E-state index contributed by atoms with van der Waals surface area (Å²) in [7, 11) is 0. The van der Waals surface area contributed by atoms with Crippen molar-refractivity contribution in [3.05, 3.63) is 71.0 Å². The van der Waals surface area contributed by atoms with Crippen molar-refractivity contribution in [3.63, 3.8) is 0 Å². The molecule has 35 heavy (non-hydrogen) atoms. The molecule has 2 amide bonds. The van der Waals surface area contributed by atoms with Gasteiger partial charge in [0.15, 0.2) is 0 Å². The highest BCUT2D eigenvalue weighted by atomic mass is 19.4. The highest BCUT2D eigenvalue weighted by Gasteiger charge is 2.38. The Kier molecular flexibility index (Phi) is 10.2. The molecule has 0 atom stereocenters. The van der Waals surface area contributed by atoms with Crippen LogP contribution in [-0.4, -0.2) is 71.6 Å². The quantitative estimate of drug-likeness (QED) is 0.599. The van der Waals surface area contributed by atoms with Gasteiger partial charge >= 0.3 is 12.1 Å². The Morgan fingerprint density at radius 1 is 1.00 bits per heavy atom. The number of carboxylic acid groups (broad SMARTS) is 1. The van der Waals surface area contributed by atoms with Crippen LogP contribution in [0.1, 0.15) is 27.9 Å². The second kappa shape index (κ2) is 12.8. The van der Waals surface area contributed by atoms with Crippen LogP contribution in [0.5, 0.6) is 0 Å². The average molecular weight is 497 g/mol. The van der Waals surface area contributed by atoms with Crippen LogP contribution in [0.25, 0.3) is 0 Å². The van der Waals surface area contributed by atoms with Crippen molar-refractivity contribution in [2.45, 2.75) is 26.1 Å². The molecule has 1 heterocycles. The molecule has 2 aromatic carbocycles. The standard InChI is InChI=1S/C22H26FN3O2.C2HF3O2/c1-17-2-4-18(5-3-17)16-26(22(28)19-6-8-20(23)9-7-19)13-10-21(27)25-14-11-24-12-15-25;3-2(4,5)1(6)7/h2-9,24H,10-16H2,1H3;(H,6,7). The maximum atomic E-state index is 13.2. The first kappa shape index (κ1) is 27.8. The first-order valence-electron chi connectivity index (χ1n) is 10.9. The number of carbonyl (C=O) groups is 3. The fourth-order valence-corrected chi connectivity index (χ4v) is 3.24. The van der Waals surface area contributed by atoms with E-state index in [0.717, 1.165) is 24.2 Å². The first-order chi connectivity index (χ1) is 16.5.